The summed E-state index contributed by atoms with van der Waals surface area (Å²) in [6.07, 6.45) is 1.94. The number of esters is 1. The maximum Gasteiger partial charge on any atom is 0.354 e. The molecule has 2 heterocycles. The average molecular weight is 422 g/mol. The zero-order chi connectivity index (χ0) is 21.0. The minimum Gasteiger partial charge on any atom is -0.464 e. The zero-order valence-electron chi connectivity index (χ0n) is 16.7. The van der Waals surface area contributed by atoms with Crippen molar-refractivity contribution in [1.82, 2.24) is 9.47 Å². The van der Waals surface area contributed by atoms with Crippen LogP contribution in [0.25, 0.3) is 0 Å². The standard InChI is InChI=1S/C20H27N3O5S/c1-22-18(20(25)28-2)6-7-19(22)29(26,27)21-17-5-3-4-16(12-17)13-23-10-8-15(14-24)9-11-23/h3-7,12,15,21,24H,8-11,13-14H2,1-2H3. The summed E-state index contributed by atoms with van der Waals surface area (Å²) in [6, 6.07) is 10.1. The van der Waals surface area contributed by atoms with Crippen molar-refractivity contribution in [3.05, 3.63) is 47.7 Å². The summed E-state index contributed by atoms with van der Waals surface area (Å²) in [7, 11) is -1.10. The molecule has 8 nitrogen and oxygen atoms in total. The van der Waals surface area contributed by atoms with Crippen molar-refractivity contribution in [3.63, 3.8) is 0 Å². The molecule has 1 saturated heterocycles. The van der Waals surface area contributed by atoms with Gasteiger partial charge in [0, 0.05) is 25.9 Å². The van der Waals surface area contributed by atoms with Crippen molar-refractivity contribution < 1.29 is 23.1 Å². The Morgan fingerprint density at radius 1 is 1.24 bits per heavy atom. The molecule has 0 bridgehead atoms. The van der Waals surface area contributed by atoms with Crippen LogP contribution in [0.2, 0.25) is 0 Å². The first-order chi connectivity index (χ1) is 13.8. The van der Waals surface area contributed by atoms with Gasteiger partial charge in [-0.15, -0.1) is 0 Å². The van der Waals surface area contributed by atoms with Crippen LogP contribution in [0.15, 0.2) is 41.4 Å². The van der Waals surface area contributed by atoms with Crippen LogP contribution in [0.3, 0.4) is 0 Å². The van der Waals surface area contributed by atoms with Gasteiger partial charge in [-0.2, -0.15) is 8.42 Å². The number of aliphatic hydroxyl groups is 1. The van der Waals surface area contributed by atoms with Crippen LogP contribution in [0.5, 0.6) is 0 Å². The van der Waals surface area contributed by atoms with E-state index >= 15 is 0 Å². The molecule has 0 saturated carbocycles. The summed E-state index contributed by atoms with van der Waals surface area (Å²) >= 11 is 0. The van der Waals surface area contributed by atoms with Gasteiger partial charge in [-0.25, -0.2) is 4.79 Å². The molecular weight excluding hydrogens is 394 g/mol. The van der Waals surface area contributed by atoms with Crippen LogP contribution in [-0.4, -0.2) is 55.8 Å². The monoisotopic (exact) mass is 421 g/mol. The largest absolute Gasteiger partial charge is 0.464 e. The van der Waals surface area contributed by atoms with E-state index in [1.807, 2.05) is 18.2 Å². The van der Waals surface area contributed by atoms with E-state index in [4.69, 9.17) is 0 Å². The van der Waals surface area contributed by atoms with Gasteiger partial charge in [0.05, 0.1) is 7.11 Å². The number of aliphatic hydroxyl groups excluding tert-OH is 1. The summed E-state index contributed by atoms with van der Waals surface area (Å²) in [5, 5.41) is 9.24. The minimum atomic E-state index is -3.86. The third-order valence-electron chi connectivity index (χ3n) is 5.30. The fourth-order valence-electron chi connectivity index (χ4n) is 3.60. The van der Waals surface area contributed by atoms with Crippen molar-refractivity contribution in [1.29, 1.82) is 0 Å². The second kappa shape index (κ2) is 8.98. The number of rotatable bonds is 7. The van der Waals surface area contributed by atoms with E-state index in [1.165, 1.54) is 30.9 Å². The van der Waals surface area contributed by atoms with Crippen LogP contribution < -0.4 is 4.72 Å². The number of piperidine rings is 1. The molecule has 0 aliphatic carbocycles. The molecule has 1 aromatic heterocycles. The van der Waals surface area contributed by atoms with Gasteiger partial charge in [-0.1, -0.05) is 12.1 Å². The summed E-state index contributed by atoms with van der Waals surface area (Å²) in [4.78, 5) is 14.0. The van der Waals surface area contributed by atoms with Crippen LogP contribution in [-0.2, 0) is 28.4 Å². The molecule has 9 heteroatoms. The van der Waals surface area contributed by atoms with Gasteiger partial charge in [0.15, 0.2) is 5.03 Å². The van der Waals surface area contributed by atoms with Crippen molar-refractivity contribution in [2.45, 2.75) is 24.4 Å². The van der Waals surface area contributed by atoms with Gasteiger partial charge < -0.3 is 14.4 Å². The average Bonchev–Trinajstić information content (AvgIpc) is 3.10. The fraction of sp³-hybridized carbons (Fsp3) is 0.450. The third-order valence-corrected chi connectivity index (χ3v) is 6.76. The molecule has 2 aromatic rings. The van der Waals surface area contributed by atoms with E-state index in [9.17, 15) is 18.3 Å². The highest BCUT2D eigenvalue weighted by Gasteiger charge is 2.23. The number of likely N-dealkylation sites (tertiary alicyclic amines) is 1. The molecule has 0 amide bonds. The van der Waals surface area contributed by atoms with E-state index in [0.29, 0.717) is 11.6 Å². The highest BCUT2D eigenvalue weighted by atomic mass is 32.2. The molecule has 29 heavy (non-hydrogen) atoms. The Morgan fingerprint density at radius 2 is 1.97 bits per heavy atom. The number of anilines is 1. The molecule has 0 unspecified atom stereocenters. The van der Waals surface area contributed by atoms with Crippen molar-refractivity contribution in [2.75, 3.05) is 31.5 Å². The first-order valence-corrected chi connectivity index (χ1v) is 11.0. The Hall–Kier alpha value is -2.36. The van der Waals surface area contributed by atoms with Crippen LogP contribution >= 0.6 is 0 Å². The Morgan fingerprint density at radius 3 is 2.62 bits per heavy atom. The Balaban J connectivity index is 1.71. The number of nitrogens with one attached hydrogen (secondary N) is 1. The molecule has 158 valence electrons. The Bertz CT molecular complexity index is 962. The Kier molecular flexibility index (Phi) is 6.61. The van der Waals surface area contributed by atoms with Crippen LogP contribution in [0.1, 0.15) is 28.9 Å². The van der Waals surface area contributed by atoms with Crippen LogP contribution in [0.4, 0.5) is 5.69 Å². The molecular formula is C20H27N3O5S. The number of hydrogen-bond donors (Lipinski definition) is 2. The molecule has 0 spiro atoms. The molecule has 3 rings (SSSR count). The lowest BCUT2D eigenvalue weighted by Gasteiger charge is -2.31. The predicted molar refractivity (Wildman–Crippen MR) is 109 cm³/mol. The van der Waals surface area contributed by atoms with Gasteiger partial charge in [-0.3, -0.25) is 9.62 Å². The lowest BCUT2D eigenvalue weighted by Crippen LogP contribution is -2.34. The van der Waals surface area contributed by atoms with E-state index in [1.54, 1.807) is 6.07 Å². The maximum atomic E-state index is 12.8. The second-order valence-corrected chi connectivity index (χ2v) is 8.94. The minimum absolute atomic E-state index is 0.0191. The Labute approximate surface area is 171 Å². The number of carbonyl (C=O) groups excluding carboxylic acids is 1. The summed E-state index contributed by atoms with van der Waals surface area (Å²) in [5.74, 6) is -0.217. The van der Waals surface area contributed by atoms with Crippen LogP contribution in [0, 0.1) is 5.92 Å². The number of hydrogen-bond acceptors (Lipinski definition) is 6. The molecule has 0 atom stereocenters. The van der Waals surface area contributed by atoms with Gasteiger partial charge in [0.1, 0.15) is 5.69 Å². The van der Waals surface area contributed by atoms with Gasteiger partial charge in [-0.05, 0) is 61.7 Å². The summed E-state index contributed by atoms with van der Waals surface area (Å²) in [6.45, 7) is 2.80. The molecule has 0 radical (unpaired) electrons. The molecule has 1 aliphatic rings. The van der Waals surface area contributed by atoms with Crippen molar-refractivity contribution in [2.24, 2.45) is 13.0 Å². The molecule has 1 aromatic carbocycles. The highest BCUT2D eigenvalue weighted by Crippen LogP contribution is 2.22. The summed E-state index contributed by atoms with van der Waals surface area (Å²) in [5.41, 5.74) is 1.64. The SMILES string of the molecule is COC(=O)c1ccc(S(=O)(=O)Nc2cccc(CN3CCC(CO)CC3)c2)n1C. The first-order valence-electron chi connectivity index (χ1n) is 9.53. The number of nitrogens with zero attached hydrogens (tertiary/aromatic N) is 2. The number of carbonyl (C=O) groups is 1. The topological polar surface area (TPSA) is 101 Å². The smallest absolute Gasteiger partial charge is 0.354 e. The van der Waals surface area contributed by atoms with E-state index < -0.39 is 16.0 Å². The third kappa shape index (κ3) is 4.98. The number of aromatic nitrogens is 1. The quantitative estimate of drug-likeness (QED) is 0.662. The predicted octanol–water partition coefficient (Wildman–Crippen LogP) is 1.82. The van der Waals surface area contributed by atoms with Gasteiger partial charge in [0.25, 0.3) is 10.0 Å². The summed E-state index contributed by atoms with van der Waals surface area (Å²) < 4.78 is 34.1. The number of ether oxygens (including phenoxy) is 1. The first kappa shape index (κ1) is 21.4. The zero-order valence-corrected chi connectivity index (χ0v) is 17.5. The van der Waals surface area contributed by atoms with E-state index in [-0.39, 0.29) is 17.3 Å². The highest BCUT2D eigenvalue weighted by molar-refractivity contribution is 7.92. The van der Waals surface area contributed by atoms with E-state index in [2.05, 4.69) is 14.4 Å². The van der Waals surface area contributed by atoms with Gasteiger partial charge >= 0.3 is 5.97 Å². The number of sulfonamides is 1. The molecule has 2 N–H and O–H groups in total. The lowest BCUT2D eigenvalue weighted by atomic mass is 9.97. The molecule has 1 fully saturated rings. The fourth-order valence-corrected chi connectivity index (χ4v) is 4.85. The van der Waals surface area contributed by atoms with Crippen molar-refractivity contribution >= 4 is 21.7 Å². The number of benzene rings is 1. The van der Waals surface area contributed by atoms with E-state index in [0.717, 1.165) is 38.0 Å². The maximum absolute atomic E-state index is 12.8. The second-order valence-electron chi connectivity index (χ2n) is 7.32. The molecule has 1 aliphatic heterocycles. The normalized spacial score (nSPS) is 16.0. The van der Waals surface area contributed by atoms with Crippen molar-refractivity contribution in [3.8, 4) is 0 Å². The number of methoxy groups -OCH3 is 1. The lowest BCUT2D eigenvalue weighted by molar-refractivity contribution is 0.0589. The van der Waals surface area contributed by atoms with Gasteiger partial charge in [0.2, 0.25) is 0 Å².